The van der Waals surface area contributed by atoms with Gasteiger partial charge >= 0.3 is 0 Å². The first-order valence-corrected chi connectivity index (χ1v) is 5.63. The van der Waals surface area contributed by atoms with Gasteiger partial charge in [0.2, 0.25) is 0 Å². The zero-order chi connectivity index (χ0) is 10.1. The Morgan fingerprint density at radius 2 is 2.07 bits per heavy atom. The van der Waals surface area contributed by atoms with Gasteiger partial charge in [-0.15, -0.1) is 0 Å². The zero-order valence-electron chi connectivity index (χ0n) is 8.27. The Hall–Kier alpha value is -0.870. The quantitative estimate of drug-likeness (QED) is 0.709. The zero-order valence-corrected chi connectivity index (χ0v) is 9.08. The van der Waals surface area contributed by atoms with Crippen molar-refractivity contribution in [2.75, 3.05) is 10.9 Å². The smallest absolute Gasteiger partial charge is 0.264 e. The van der Waals surface area contributed by atoms with Crippen LogP contribution in [0.5, 0.6) is 0 Å². The van der Waals surface area contributed by atoms with E-state index < -0.39 is 11.3 Å². The Bertz CT molecular complexity index is 350. The first kappa shape index (κ1) is 9.68. The summed E-state index contributed by atoms with van der Waals surface area (Å²) in [5, 5.41) is 0. The predicted molar refractivity (Wildman–Crippen MR) is 57.2 cm³/mol. The molecule has 1 fully saturated rings. The molecule has 0 radical (unpaired) electrons. The molecule has 0 bridgehead atoms. The second kappa shape index (κ2) is 3.71. The second-order valence-corrected chi connectivity index (χ2v) is 4.58. The van der Waals surface area contributed by atoms with Gasteiger partial charge in [0.25, 0.3) is 11.3 Å². The molecule has 4 heteroatoms. The van der Waals surface area contributed by atoms with Gasteiger partial charge in [0.05, 0.1) is 18.3 Å². The second-order valence-electron chi connectivity index (χ2n) is 3.51. The van der Waals surface area contributed by atoms with Crippen LogP contribution in [0.15, 0.2) is 24.3 Å². The van der Waals surface area contributed by atoms with E-state index in [-0.39, 0.29) is 6.04 Å². The Kier molecular flexibility index (Phi) is 2.56. The monoisotopic (exact) mass is 211 g/mol. The standard InChI is InChI=1S/C10H13NO2S/c1-8-3-5-10(6-4-8)11-9(2)7-13-14(11)12/h3-6,9H,7H2,1-2H3/t9-,14?/m0/s1. The van der Waals surface area contributed by atoms with E-state index in [1.807, 2.05) is 38.1 Å². The van der Waals surface area contributed by atoms with Gasteiger partial charge in [-0.1, -0.05) is 17.7 Å². The minimum atomic E-state index is -1.31. The lowest BCUT2D eigenvalue weighted by Gasteiger charge is -2.18. The molecule has 2 atom stereocenters. The summed E-state index contributed by atoms with van der Waals surface area (Å²) in [6, 6.07) is 8.14. The molecule has 1 aromatic carbocycles. The molecule has 76 valence electrons. The van der Waals surface area contributed by atoms with Gasteiger partial charge < -0.3 is 0 Å². The minimum Gasteiger partial charge on any atom is -0.272 e. The van der Waals surface area contributed by atoms with Crippen LogP contribution in [0.25, 0.3) is 0 Å². The first-order chi connectivity index (χ1) is 6.68. The number of aryl methyl sites for hydroxylation is 1. The van der Waals surface area contributed by atoms with E-state index >= 15 is 0 Å². The molecule has 1 unspecified atom stereocenters. The van der Waals surface area contributed by atoms with Crippen LogP contribution in [0.4, 0.5) is 5.69 Å². The summed E-state index contributed by atoms with van der Waals surface area (Å²) in [7, 11) is 0. The van der Waals surface area contributed by atoms with Gasteiger partial charge in [0, 0.05) is 0 Å². The number of benzene rings is 1. The summed E-state index contributed by atoms with van der Waals surface area (Å²) in [6.07, 6.45) is 0. The molecule has 0 saturated carbocycles. The maximum absolute atomic E-state index is 11.5. The summed E-state index contributed by atoms with van der Waals surface area (Å²) in [4.78, 5) is 0. The molecule has 1 aliphatic rings. The van der Waals surface area contributed by atoms with Crippen LogP contribution in [0.2, 0.25) is 0 Å². The highest BCUT2D eigenvalue weighted by atomic mass is 32.2. The molecule has 0 spiro atoms. The summed E-state index contributed by atoms with van der Waals surface area (Å²) in [5.74, 6) is 0. The highest BCUT2D eigenvalue weighted by molar-refractivity contribution is 7.82. The normalized spacial score (nSPS) is 26.9. The number of rotatable bonds is 1. The first-order valence-electron chi connectivity index (χ1n) is 4.59. The van der Waals surface area contributed by atoms with Gasteiger partial charge in [-0.2, -0.15) is 0 Å². The molecule has 1 saturated heterocycles. The molecular formula is C10H13NO2S. The third-order valence-electron chi connectivity index (χ3n) is 2.26. The Balaban J connectivity index is 2.30. The average molecular weight is 211 g/mol. The SMILES string of the molecule is Cc1ccc(N2[C@@H](C)COS2=O)cc1. The molecular weight excluding hydrogens is 198 g/mol. The van der Waals surface area contributed by atoms with E-state index in [9.17, 15) is 4.21 Å². The van der Waals surface area contributed by atoms with Crippen molar-refractivity contribution in [1.82, 2.24) is 0 Å². The summed E-state index contributed by atoms with van der Waals surface area (Å²) < 4.78 is 18.3. The van der Waals surface area contributed by atoms with Crippen molar-refractivity contribution in [2.45, 2.75) is 19.9 Å². The van der Waals surface area contributed by atoms with Gasteiger partial charge in [-0.25, -0.2) is 4.21 Å². The Labute approximate surface area is 86.5 Å². The van der Waals surface area contributed by atoms with E-state index in [0.717, 1.165) is 5.69 Å². The molecule has 3 nitrogen and oxygen atoms in total. The third-order valence-corrected chi connectivity index (χ3v) is 3.49. The van der Waals surface area contributed by atoms with Crippen LogP contribution >= 0.6 is 0 Å². The van der Waals surface area contributed by atoms with E-state index in [0.29, 0.717) is 6.61 Å². The molecule has 0 N–H and O–H groups in total. The van der Waals surface area contributed by atoms with Gasteiger partial charge in [-0.05, 0) is 26.0 Å². The van der Waals surface area contributed by atoms with E-state index in [1.54, 1.807) is 4.31 Å². The molecule has 1 aliphatic heterocycles. The van der Waals surface area contributed by atoms with Crippen LogP contribution in [-0.4, -0.2) is 16.9 Å². The van der Waals surface area contributed by atoms with Crippen molar-refractivity contribution in [3.05, 3.63) is 29.8 Å². The fourth-order valence-electron chi connectivity index (χ4n) is 1.46. The highest BCUT2D eigenvalue weighted by Crippen LogP contribution is 2.24. The fraction of sp³-hybridized carbons (Fsp3) is 0.400. The van der Waals surface area contributed by atoms with Crippen LogP contribution in [0, 0.1) is 6.92 Å². The summed E-state index contributed by atoms with van der Waals surface area (Å²) >= 11 is -1.31. The maximum Gasteiger partial charge on any atom is 0.264 e. The van der Waals surface area contributed by atoms with Gasteiger partial charge in [0.1, 0.15) is 0 Å². The largest absolute Gasteiger partial charge is 0.272 e. The van der Waals surface area contributed by atoms with Crippen molar-refractivity contribution in [3.63, 3.8) is 0 Å². The third kappa shape index (κ3) is 1.67. The van der Waals surface area contributed by atoms with Crippen molar-refractivity contribution in [3.8, 4) is 0 Å². The topological polar surface area (TPSA) is 29.5 Å². The van der Waals surface area contributed by atoms with E-state index in [2.05, 4.69) is 0 Å². The van der Waals surface area contributed by atoms with Gasteiger partial charge in [-0.3, -0.25) is 8.49 Å². The van der Waals surface area contributed by atoms with Crippen molar-refractivity contribution >= 4 is 17.0 Å². The lowest BCUT2D eigenvalue weighted by atomic mass is 10.2. The number of hydrogen-bond acceptors (Lipinski definition) is 2. The van der Waals surface area contributed by atoms with Crippen molar-refractivity contribution in [2.24, 2.45) is 0 Å². The Morgan fingerprint density at radius 3 is 2.57 bits per heavy atom. The minimum absolute atomic E-state index is 0.179. The van der Waals surface area contributed by atoms with Crippen LogP contribution in [0.1, 0.15) is 12.5 Å². The fourth-order valence-corrected chi connectivity index (χ4v) is 2.54. The van der Waals surface area contributed by atoms with Crippen molar-refractivity contribution in [1.29, 1.82) is 0 Å². The molecule has 1 aromatic rings. The molecule has 1 heterocycles. The van der Waals surface area contributed by atoms with Crippen LogP contribution < -0.4 is 4.31 Å². The van der Waals surface area contributed by atoms with Crippen LogP contribution in [0.3, 0.4) is 0 Å². The molecule has 0 aliphatic carbocycles. The summed E-state index contributed by atoms with van der Waals surface area (Å²) in [6.45, 7) is 4.57. The average Bonchev–Trinajstić information content (AvgIpc) is 2.49. The van der Waals surface area contributed by atoms with Crippen molar-refractivity contribution < 1.29 is 8.39 Å². The maximum atomic E-state index is 11.5. The highest BCUT2D eigenvalue weighted by Gasteiger charge is 2.28. The lowest BCUT2D eigenvalue weighted by molar-refractivity contribution is 0.366. The Morgan fingerprint density at radius 1 is 1.43 bits per heavy atom. The van der Waals surface area contributed by atoms with Crippen LogP contribution in [-0.2, 0) is 15.4 Å². The molecule has 0 aromatic heterocycles. The molecule has 2 rings (SSSR count). The van der Waals surface area contributed by atoms with E-state index in [1.165, 1.54) is 5.56 Å². The molecule has 0 amide bonds. The number of anilines is 1. The van der Waals surface area contributed by atoms with E-state index in [4.69, 9.17) is 4.18 Å². The predicted octanol–water partition coefficient (Wildman–Crippen LogP) is 1.80. The lowest BCUT2D eigenvalue weighted by Crippen LogP contribution is -2.28. The molecule has 14 heavy (non-hydrogen) atoms. The number of nitrogens with zero attached hydrogens (tertiary/aromatic N) is 1. The van der Waals surface area contributed by atoms with Gasteiger partial charge in [0.15, 0.2) is 0 Å². The number of hydrogen-bond donors (Lipinski definition) is 0. The summed E-state index contributed by atoms with van der Waals surface area (Å²) in [5.41, 5.74) is 2.16.